The van der Waals surface area contributed by atoms with Gasteiger partial charge in [-0.2, -0.15) is 8.78 Å². The highest BCUT2D eigenvalue weighted by atomic mass is 35.5. The standard InChI is InChI=1S/C11H12Cl2F2O3/c1-2-3-17-8-4-7(12)9(13)6(5-16)10(8)18-11(14)15/h4,11,16H,2-3,5H2,1H3. The molecule has 1 rings (SSSR count). The van der Waals surface area contributed by atoms with E-state index in [0.29, 0.717) is 13.0 Å². The van der Waals surface area contributed by atoms with Gasteiger partial charge < -0.3 is 14.6 Å². The van der Waals surface area contributed by atoms with E-state index < -0.39 is 13.2 Å². The van der Waals surface area contributed by atoms with Gasteiger partial charge in [-0.1, -0.05) is 30.1 Å². The van der Waals surface area contributed by atoms with Crippen LogP contribution in [0.25, 0.3) is 0 Å². The predicted octanol–water partition coefficient (Wildman–Crippen LogP) is 3.88. The van der Waals surface area contributed by atoms with Crippen LogP contribution in [0.3, 0.4) is 0 Å². The Morgan fingerprint density at radius 2 is 2.06 bits per heavy atom. The summed E-state index contributed by atoms with van der Waals surface area (Å²) in [5.41, 5.74) is -0.0180. The second-order valence-corrected chi connectivity index (χ2v) is 4.15. The number of rotatable bonds is 6. The van der Waals surface area contributed by atoms with E-state index in [4.69, 9.17) is 33.0 Å². The van der Waals surface area contributed by atoms with Crippen molar-refractivity contribution in [3.05, 3.63) is 21.7 Å². The maximum absolute atomic E-state index is 12.3. The van der Waals surface area contributed by atoms with Crippen molar-refractivity contribution in [1.29, 1.82) is 0 Å². The molecule has 0 atom stereocenters. The van der Waals surface area contributed by atoms with Crippen molar-refractivity contribution < 1.29 is 23.4 Å². The summed E-state index contributed by atoms with van der Waals surface area (Å²) in [6.45, 7) is -1.46. The van der Waals surface area contributed by atoms with Crippen LogP contribution in [0.15, 0.2) is 6.07 Å². The number of hydrogen-bond donors (Lipinski definition) is 1. The number of halogens is 4. The van der Waals surface area contributed by atoms with Gasteiger partial charge in [0, 0.05) is 11.6 Å². The van der Waals surface area contributed by atoms with E-state index in [2.05, 4.69) is 4.74 Å². The summed E-state index contributed by atoms with van der Waals surface area (Å²) in [4.78, 5) is 0. The van der Waals surface area contributed by atoms with E-state index in [0.717, 1.165) is 0 Å². The van der Waals surface area contributed by atoms with Gasteiger partial charge in [0.25, 0.3) is 0 Å². The van der Waals surface area contributed by atoms with Crippen molar-refractivity contribution in [3.63, 3.8) is 0 Å². The van der Waals surface area contributed by atoms with Gasteiger partial charge in [-0.05, 0) is 6.42 Å². The molecule has 0 radical (unpaired) electrons. The van der Waals surface area contributed by atoms with Crippen molar-refractivity contribution in [3.8, 4) is 11.5 Å². The molecule has 0 bridgehead atoms. The van der Waals surface area contributed by atoms with Gasteiger partial charge >= 0.3 is 6.61 Å². The highest BCUT2D eigenvalue weighted by Gasteiger charge is 2.21. The molecule has 0 saturated carbocycles. The molecule has 0 aliphatic carbocycles. The van der Waals surface area contributed by atoms with Crippen molar-refractivity contribution in [2.75, 3.05) is 6.61 Å². The summed E-state index contributed by atoms with van der Waals surface area (Å²) >= 11 is 11.6. The molecule has 0 spiro atoms. The van der Waals surface area contributed by atoms with E-state index in [-0.39, 0.29) is 27.1 Å². The first-order valence-corrected chi connectivity index (χ1v) is 5.96. The minimum atomic E-state index is -3.04. The monoisotopic (exact) mass is 300 g/mol. The summed E-state index contributed by atoms with van der Waals surface area (Å²) in [6.07, 6.45) is 0.683. The average Bonchev–Trinajstić information content (AvgIpc) is 2.31. The van der Waals surface area contributed by atoms with E-state index >= 15 is 0 Å². The summed E-state index contributed by atoms with van der Waals surface area (Å²) < 4.78 is 34.3. The normalized spacial score (nSPS) is 10.8. The van der Waals surface area contributed by atoms with Crippen LogP contribution in [-0.2, 0) is 6.61 Å². The number of benzene rings is 1. The molecular weight excluding hydrogens is 289 g/mol. The van der Waals surface area contributed by atoms with E-state index in [1.807, 2.05) is 6.92 Å². The van der Waals surface area contributed by atoms with E-state index in [9.17, 15) is 8.78 Å². The van der Waals surface area contributed by atoms with Gasteiger partial charge in [-0.15, -0.1) is 0 Å². The molecule has 0 aliphatic rings. The molecule has 7 heteroatoms. The minimum Gasteiger partial charge on any atom is -0.490 e. The van der Waals surface area contributed by atoms with Crippen molar-refractivity contribution >= 4 is 23.2 Å². The third kappa shape index (κ3) is 3.60. The Hall–Kier alpha value is -0.780. The van der Waals surface area contributed by atoms with Crippen LogP contribution < -0.4 is 9.47 Å². The highest BCUT2D eigenvalue weighted by Crippen LogP contribution is 2.41. The van der Waals surface area contributed by atoms with Crippen LogP contribution in [0.4, 0.5) is 8.78 Å². The lowest BCUT2D eigenvalue weighted by Crippen LogP contribution is -2.08. The molecule has 0 unspecified atom stereocenters. The summed E-state index contributed by atoms with van der Waals surface area (Å²) in [5, 5.41) is 9.24. The molecule has 0 saturated heterocycles. The molecule has 3 nitrogen and oxygen atoms in total. The fourth-order valence-electron chi connectivity index (χ4n) is 1.32. The van der Waals surface area contributed by atoms with Gasteiger partial charge in [0.15, 0.2) is 11.5 Å². The Bertz CT molecular complexity index is 414. The van der Waals surface area contributed by atoms with Crippen LogP contribution in [0.1, 0.15) is 18.9 Å². The van der Waals surface area contributed by atoms with Crippen molar-refractivity contribution in [2.24, 2.45) is 0 Å². The fraction of sp³-hybridized carbons (Fsp3) is 0.455. The molecular formula is C11H12Cl2F2O3. The van der Waals surface area contributed by atoms with E-state index in [1.54, 1.807) is 0 Å². The Balaban J connectivity index is 3.24. The molecule has 102 valence electrons. The number of aliphatic hydroxyl groups is 1. The molecule has 1 aromatic rings. The quantitative estimate of drug-likeness (QED) is 0.866. The molecule has 1 aromatic carbocycles. The Morgan fingerprint density at radius 3 is 2.56 bits per heavy atom. The smallest absolute Gasteiger partial charge is 0.387 e. The lowest BCUT2D eigenvalue weighted by Gasteiger charge is -2.16. The molecule has 0 heterocycles. The molecule has 0 amide bonds. The SMILES string of the molecule is CCCOc1cc(Cl)c(Cl)c(CO)c1OC(F)F. The maximum Gasteiger partial charge on any atom is 0.387 e. The topological polar surface area (TPSA) is 38.7 Å². The third-order valence-corrected chi connectivity index (χ3v) is 2.88. The van der Waals surface area contributed by atoms with Crippen LogP contribution in [0, 0.1) is 0 Å². The second kappa shape index (κ2) is 6.97. The molecule has 18 heavy (non-hydrogen) atoms. The lowest BCUT2D eigenvalue weighted by atomic mass is 10.2. The molecule has 1 N–H and O–H groups in total. The van der Waals surface area contributed by atoms with Gasteiger partial charge in [0.05, 0.1) is 23.3 Å². The molecule has 0 aromatic heterocycles. The van der Waals surface area contributed by atoms with Crippen molar-refractivity contribution in [1.82, 2.24) is 0 Å². The summed E-state index contributed by atoms with van der Waals surface area (Å²) in [6, 6.07) is 1.29. The number of hydrogen-bond acceptors (Lipinski definition) is 3. The first kappa shape index (κ1) is 15.3. The zero-order valence-electron chi connectivity index (χ0n) is 9.55. The average molecular weight is 301 g/mol. The fourth-order valence-corrected chi connectivity index (χ4v) is 1.73. The van der Waals surface area contributed by atoms with Gasteiger partial charge in [0.2, 0.25) is 0 Å². The molecule has 0 fully saturated rings. The van der Waals surface area contributed by atoms with Crippen molar-refractivity contribution in [2.45, 2.75) is 26.6 Å². The zero-order valence-corrected chi connectivity index (χ0v) is 11.1. The maximum atomic E-state index is 12.3. The number of aliphatic hydroxyl groups excluding tert-OH is 1. The largest absolute Gasteiger partial charge is 0.490 e. The van der Waals surface area contributed by atoms with Crippen LogP contribution in [0.5, 0.6) is 11.5 Å². The van der Waals surface area contributed by atoms with Crippen LogP contribution in [-0.4, -0.2) is 18.3 Å². The van der Waals surface area contributed by atoms with Gasteiger partial charge in [0.1, 0.15) is 0 Å². The lowest BCUT2D eigenvalue weighted by molar-refractivity contribution is -0.0526. The van der Waals surface area contributed by atoms with Gasteiger partial charge in [-0.25, -0.2) is 0 Å². The molecule has 0 aliphatic heterocycles. The third-order valence-electron chi connectivity index (χ3n) is 2.06. The Kier molecular flexibility index (Phi) is 5.91. The number of alkyl halides is 2. The Labute approximate surface area is 113 Å². The summed E-state index contributed by atoms with van der Waals surface area (Å²) in [7, 11) is 0. The first-order valence-electron chi connectivity index (χ1n) is 5.20. The second-order valence-electron chi connectivity index (χ2n) is 3.36. The number of ether oxygens (including phenoxy) is 2. The van der Waals surface area contributed by atoms with Gasteiger partial charge in [-0.3, -0.25) is 0 Å². The first-order chi connectivity index (χ1) is 8.51. The zero-order chi connectivity index (χ0) is 13.7. The predicted molar refractivity (Wildman–Crippen MR) is 64.8 cm³/mol. The highest BCUT2D eigenvalue weighted by molar-refractivity contribution is 6.42. The minimum absolute atomic E-state index is 0.0180. The van der Waals surface area contributed by atoms with Crippen LogP contribution in [0.2, 0.25) is 10.0 Å². The Morgan fingerprint density at radius 1 is 1.39 bits per heavy atom. The van der Waals surface area contributed by atoms with Crippen LogP contribution >= 0.6 is 23.2 Å². The van der Waals surface area contributed by atoms with E-state index in [1.165, 1.54) is 6.07 Å². The summed E-state index contributed by atoms with van der Waals surface area (Å²) in [5.74, 6) is -0.244.